The predicted octanol–water partition coefficient (Wildman–Crippen LogP) is 2.05. The average Bonchev–Trinajstić information content (AvgIpc) is 3.08. The van der Waals surface area contributed by atoms with Gasteiger partial charge in [-0.3, -0.25) is 14.8 Å². The van der Waals surface area contributed by atoms with Crippen LogP contribution in [0.3, 0.4) is 0 Å². The first-order valence-electron chi connectivity index (χ1n) is 8.75. The number of hydrogen-bond acceptors (Lipinski definition) is 4. The van der Waals surface area contributed by atoms with Crippen LogP contribution in [0.15, 0.2) is 35.1 Å². The van der Waals surface area contributed by atoms with Crippen molar-refractivity contribution in [3.63, 3.8) is 0 Å². The number of ether oxygens (including phenoxy) is 1. The molecule has 0 aliphatic carbocycles. The van der Waals surface area contributed by atoms with Gasteiger partial charge in [0, 0.05) is 25.7 Å². The Bertz CT molecular complexity index is 866. The van der Waals surface area contributed by atoms with Crippen molar-refractivity contribution in [2.75, 3.05) is 13.7 Å². The summed E-state index contributed by atoms with van der Waals surface area (Å²) >= 11 is 0. The quantitative estimate of drug-likeness (QED) is 0.777. The zero-order valence-corrected chi connectivity index (χ0v) is 15.6. The molecular weight excluding hydrogens is 330 g/mol. The maximum atomic E-state index is 12.2. The van der Waals surface area contributed by atoms with Gasteiger partial charge in [-0.05, 0) is 36.1 Å². The molecular formula is C19H25N5O2. The predicted molar refractivity (Wildman–Crippen MR) is 103 cm³/mol. The van der Waals surface area contributed by atoms with Gasteiger partial charge in [-0.15, -0.1) is 0 Å². The molecule has 0 radical (unpaired) electrons. The highest BCUT2D eigenvalue weighted by Gasteiger charge is 2.23. The number of rotatable bonds is 6. The van der Waals surface area contributed by atoms with Crippen molar-refractivity contribution in [2.24, 2.45) is 18.0 Å². The normalized spacial score (nSPS) is 18.7. The van der Waals surface area contributed by atoms with Crippen LogP contribution in [0.4, 0.5) is 0 Å². The van der Waals surface area contributed by atoms with E-state index in [2.05, 4.69) is 34.6 Å². The Kier molecular flexibility index (Phi) is 5.37. The van der Waals surface area contributed by atoms with E-state index in [0.29, 0.717) is 24.2 Å². The molecule has 7 nitrogen and oxygen atoms in total. The minimum atomic E-state index is -0.184. The summed E-state index contributed by atoms with van der Waals surface area (Å²) in [5.41, 5.74) is 2.34. The molecule has 0 saturated carbocycles. The lowest BCUT2D eigenvalue weighted by Gasteiger charge is -2.14. The van der Waals surface area contributed by atoms with Crippen LogP contribution in [-0.4, -0.2) is 41.4 Å². The monoisotopic (exact) mass is 355 g/mol. The van der Waals surface area contributed by atoms with Crippen molar-refractivity contribution in [2.45, 2.75) is 26.3 Å². The van der Waals surface area contributed by atoms with Gasteiger partial charge < -0.3 is 10.1 Å². The van der Waals surface area contributed by atoms with Gasteiger partial charge in [-0.25, -0.2) is 4.99 Å². The van der Waals surface area contributed by atoms with Crippen LogP contribution in [0.5, 0.6) is 0 Å². The fourth-order valence-electron chi connectivity index (χ4n) is 3.06. The molecule has 1 atom stereocenters. The Labute approximate surface area is 153 Å². The maximum Gasteiger partial charge on any atom is 0.274 e. The number of methoxy groups -OCH3 is 1. The summed E-state index contributed by atoms with van der Waals surface area (Å²) in [5.74, 6) is 0.792. The number of carbonyl (C=O) groups is 1. The fraction of sp³-hybridized carbons (Fsp3) is 0.421. The molecule has 1 aromatic heterocycles. The van der Waals surface area contributed by atoms with Crippen LogP contribution in [0.2, 0.25) is 0 Å². The molecule has 1 saturated heterocycles. The number of guanidine groups is 1. The van der Waals surface area contributed by atoms with Gasteiger partial charge >= 0.3 is 0 Å². The van der Waals surface area contributed by atoms with E-state index >= 15 is 0 Å². The minimum absolute atomic E-state index is 0.00823. The molecule has 1 amide bonds. The molecule has 7 heteroatoms. The second-order valence-electron chi connectivity index (χ2n) is 6.97. The summed E-state index contributed by atoms with van der Waals surface area (Å²) in [6.45, 7) is 4.81. The summed E-state index contributed by atoms with van der Waals surface area (Å²) in [7, 11) is 3.55. The lowest BCUT2D eigenvalue weighted by Crippen LogP contribution is -2.29. The number of nitrogens with zero attached hydrogens (tertiary/aromatic N) is 3. The first-order valence-corrected chi connectivity index (χ1v) is 8.75. The van der Waals surface area contributed by atoms with Crippen molar-refractivity contribution in [3.05, 3.63) is 35.7 Å². The minimum Gasteiger partial charge on any atom is -0.382 e. The van der Waals surface area contributed by atoms with Gasteiger partial charge in [0.25, 0.3) is 5.91 Å². The van der Waals surface area contributed by atoms with E-state index in [0.717, 1.165) is 22.9 Å². The summed E-state index contributed by atoms with van der Waals surface area (Å²) < 4.78 is 7.01. The summed E-state index contributed by atoms with van der Waals surface area (Å²) in [4.78, 5) is 16.8. The van der Waals surface area contributed by atoms with Crippen molar-refractivity contribution < 1.29 is 9.53 Å². The molecule has 138 valence electrons. The van der Waals surface area contributed by atoms with Crippen molar-refractivity contribution in [3.8, 4) is 0 Å². The van der Waals surface area contributed by atoms with E-state index < -0.39 is 0 Å². The molecule has 1 aromatic carbocycles. The van der Waals surface area contributed by atoms with Gasteiger partial charge in [-0.2, -0.15) is 5.10 Å². The van der Waals surface area contributed by atoms with Gasteiger partial charge in [0.2, 0.25) is 5.96 Å². The molecule has 2 aromatic rings. The number of nitrogens with one attached hydrogen (secondary N) is 2. The third kappa shape index (κ3) is 4.29. The molecule has 1 unspecified atom stereocenters. The smallest absolute Gasteiger partial charge is 0.274 e. The van der Waals surface area contributed by atoms with E-state index in [9.17, 15) is 4.79 Å². The van der Waals surface area contributed by atoms with Crippen molar-refractivity contribution in [1.29, 1.82) is 0 Å². The third-order valence-corrected chi connectivity index (χ3v) is 4.10. The average molecular weight is 355 g/mol. The third-order valence-electron chi connectivity index (χ3n) is 4.10. The zero-order chi connectivity index (χ0) is 18.7. The Balaban J connectivity index is 1.79. The number of benzene rings is 1. The summed E-state index contributed by atoms with van der Waals surface area (Å²) in [5, 5.41) is 11.3. The fourth-order valence-corrected chi connectivity index (χ4v) is 3.06. The number of carbonyl (C=O) groups excluding carboxylic acids is 1. The zero-order valence-electron chi connectivity index (χ0n) is 15.6. The van der Waals surface area contributed by atoms with Crippen molar-refractivity contribution in [1.82, 2.24) is 20.4 Å². The Hall–Kier alpha value is -2.67. The number of aromatic nitrogens is 2. The highest BCUT2D eigenvalue weighted by atomic mass is 16.5. The number of fused-ring (bicyclic) bond motifs is 1. The number of aryl methyl sites for hydroxylation is 1. The Morgan fingerprint density at radius 1 is 1.35 bits per heavy atom. The van der Waals surface area contributed by atoms with Crippen molar-refractivity contribution >= 4 is 28.8 Å². The van der Waals surface area contributed by atoms with Gasteiger partial charge in [-0.1, -0.05) is 19.9 Å². The number of aliphatic imine (C=N–C) groups is 1. The van der Waals surface area contributed by atoms with Gasteiger partial charge in [0.1, 0.15) is 5.70 Å². The standard InChI is InChI=1S/C19H25N5O2/c1-12(2)7-15(11-26-4)20-19-21-17(18(25)22-19)9-13-5-6-16-14(8-13)10-24(3)23-16/h5-6,8-10,12,15H,7,11H2,1-4H3,(H2,20,21,22,25)/b17-9-. The highest BCUT2D eigenvalue weighted by molar-refractivity contribution is 6.15. The molecule has 1 aliphatic heterocycles. The van der Waals surface area contributed by atoms with Crippen LogP contribution in [-0.2, 0) is 16.6 Å². The van der Waals surface area contributed by atoms with Crippen LogP contribution in [0, 0.1) is 5.92 Å². The largest absolute Gasteiger partial charge is 0.382 e. The first-order chi connectivity index (χ1) is 12.4. The number of amides is 1. The summed E-state index contributed by atoms with van der Waals surface area (Å²) in [6, 6.07) is 5.90. The second kappa shape index (κ2) is 7.70. The van der Waals surface area contributed by atoms with E-state index in [1.165, 1.54) is 0 Å². The van der Waals surface area contributed by atoms with E-state index in [-0.39, 0.29) is 11.9 Å². The maximum absolute atomic E-state index is 12.2. The van der Waals surface area contributed by atoms with Gasteiger partial charge in [0.15, 0.2) is 0 Å². The second-order valence-corrected chi connectivity index (χ2v) is 6.97. The molecule has 0 bridgehead atoms. The highest BCUT2D eigenvalue weighted by Crippen LogP contribution is 2.17. The molecule has 0 spiro atoms. The lowest BCUT2D eigenvalue weighted by atomic mass is 10.1. The van der Waals surface area contributed by atoms with Crippen LogP contribution in [0.1, 0.15) is 25.8 Å². The number of hydrogen-bond donors (Lipinski definition) is 2. The first kappa shape index (κ1) is 18.1. The molecule has 26 heavy (non-hydrogen) atoms. The van der Waals surface area contributed by atoms with Crippen LogP contribution in [0.25, 0.3) is 17.0 Å². The molecule has 2 heterocycles. The van der Waals surface area contributed by atoms with Gasteiger partial charge in [0.05, 0.1) is 18.2 Å². The molecule has 1 aliphatic rings. The Morgan fingerprint density at radius 3 is 2.88 bits per heavy atom. The molecule has 3 rings (SSSR count). The van der Waals surface area contributed by atoms with Crippen LogP contribution >= 0.6 is 0 Å². The lowest BCUT2D eigenvalue weighted by molar-refractivity contribution is -0.115. The van der Waals surface area contributed by atoms with E-state index in [1.807, 2.05) is 37.5 Å². The Morgan fingerprint density at radius 2 is 2.15 bits per heavy atom. The SMILES string of the molecule is COCC(CC(C)C)N=C1NC(=O)/C(=C/c2ccc3nn(C)cc3c2)N1. The van der Waals surface area contributed by atoms with E-state index in [1.54, 1.807) is 11.8 Å². The van der Waals surface area contributed by atoms with Crippen LogP contribution < -0.4 is 10.6 Å². The topological polar surface area (TPSA) is 80.5 Å². The summed E-state index contributed by atoms with van der Waals surface area (Å²) in [6.07, 6.45) is 4.66. The molecule has 1 fully saturated rings. The van der Waals surface area contributed by atoms with E-state index in [4.69, 9.17) is 4.74 Å². The molecule has 2 N–H and O–H groups in total.